The molecular weight excluding hydrogens is 372 g/mol. The second-order valence-electron chi connectivity index (χ2n) is 4.67. The van der Waals surface area contributed by atoms with Gasteiger partial charge < -0.3 is 4.74 Å². The summed E-state index contributed by atoms with van der Waals surface area (Å²) in [5, 5.41) is 5.16. The molecule has 0 aliphatic carbocycles. The first-order valence-corrected chi connectivity index (χ1v) is 7.68. The third-order valence-corrected chi connectivity index (χ3v) is 4.06. The molecule has 0 unspecified atom stereocenters. The average Bonchev–Trinajstić information content (AvgIpc) is 2.86. The summed E-state index contributed by atoms with van der Waals surface area (Å²) in [5.74, 6) is 0.674. The highest BCUT2D eigenvalue weighted by Crippen LogP contribution is 2.27. The summed E-state index contributed by atoms with van der Waals surface area (Å²) in [6, 6.07) is 5.28. The van der Waals surface area contributed by atoms with Gasteiger partial charge in [0.15, 0.2) is 5.65 Å². The van der Waals surface area contributed by atoms with Gasteiger partial charge in [0.05, 0.1) is 17.2 Å². The van der Waals surface area contributed by atoms with Crippen LogP contribution < -0.4 is 10.3 Å². The van der Waals surface area contributed by atoms with Crippen LogP contribution >= 0.6 is 27.5 Å². The van der Waals surface area contributed by atoms with Crippen LogP contribution in [0.15, 0.2) is 40.0 Å². The standard InChI is InChI=1S/C14H12BrClN4O2/c1-19-13-10(7-18-19)14(21)20(8-17-13)4-5-22-12-3-2-9(16)6-11(12)15/h2-3,6-8H,4-5H2,1H3. The van der Waals surface area contributed by atoms with Crippen molar-refractivity contribution in [2.45, 2.75) is 6.54 Å². The van der Waals surface area contributed by atoms with Crippen molar-refractivity contribution < 1.29 is 4.74 Å². The lowest BCUT2D eigenvalue weighted by atomic mass is 10.3. The number of hydrogen-bond acceptors (Lipinski definition) is 4. The number of rotatable bonds is 4. The molecule has 1 aromatic carbocycles. The third-order valence-electron chi connectivity index (χ3n) is 3.20. The molecule has 0 aliphatic rings. The minimum atomic E-state index is -0.128. The normalized spacial score (nSPS) is 11.0. The van der Waals surface area contributed by atoms with Gasteiger partial charge in [-0.15, -0.1) is 0 Å². The van der Waals surface area contributed by atoms with Crippen molar-refractivity contribution in [1.29, 1.82) is 0 Å². The van der Waals surface area contributed by atoms with E-state index in [0.29, 0.717) is 35.0 Å². The van der Waals surface area contributed by atoms with Gasteiger partial charge in [0.2, 0.25) is 0 Å². The Labute approximate surface area is 139 Å². The Balaban J connectivity index is 1.74. The van der Waals surface area contributed by atoms with Gasteiger partial charge in [0.1, 0.15) is 24.1 Å². The molecule has 22 heavy (non-hydrogen) atoms. The minimum absolute atomic E-state index is 0.128. The van der Waals surface area contributed by atoms with Gasteiger partial charge in [-0.2, -0.15) is 5.10 Å². The highest BCUT2D eigenvalue weighted by Gasteiger charge is 2.08. The number of halogens is 2. The molecule has 0 bridgehead atoms. The van der Waals surface area contributed by atoms with E-state index in [1.165, 1.54) is 17.1 Å². The quantitative estimate of drug-likeness (QED) is 0.695. The summed E-state index contributed by atoms with van der Waals surface area (Å²) in [7, 11) is 1.75. The summed E-state index contributed by atoms with van der Waals surface area (Å²) in [5.41, 5.74) is 0.444. The Morgan fingerprint density at radius 2 is 2.23 bits per heavy atom. The first-order valence-electron chi connectivity index (χ1n) is 6.51. The fourth-order valence-electron chi connectivity index (χ4n) is 2.07. The Bertz CT molecular complexity index is 890. The topological polar surface area (TPSA) is 61.9 Å². The molecule has 0 saturated carbocycles. The Morgan fingerprint density at radius 3 is 3.00 bits per heavy atom. The number of nitrogens with zero attached hydrogens (tertiary/aromatic N) is 4. The second-order valence-corrected chi connectivity index (χ2v) is 5.96. The highest BCUT2D eigenvalue weighted by molar-refractivity contribution is 9.10. The molecule has 0 amide bonds. The maximum absolute atomic E-state index is 12.3. The number of fused-ring (bicyclic) bond motifs is 1. The third kappa shape index (κ3) is 2.86. The van der Waals surface area contributed by atoms with Crippen LogP contribution in [0.3, 0.4) is 0 Å². The molecular formula is C14H12BrClN4O2. The highest BCUT2D eigenvalue weighted by atomic mass is 79.9. The fraction of sp³-hybridized carbons (Fsp3) is 0.214. The van der Waals surface area contributed by atoms with E-state index in [1.807, 2.05) is 0 Å². The van der Waals surface area contributed by atoms with Crippen LogP contribution in [-0.2, 0) is 13.6 Å². The predicted octanol–water partition coefficient (Wildman–Crippen LogP) is 2.62. The summed E-state index contributed by atoms with van der Waals surface area (Å²) < 4.78 is 9.51. The van der Waals surface area contributed by atoms with Crippen LogP contribution in [0.4, 0.5) is 0 Å². The number of ether oxygens (including phenoxy) is 1. The lowest BCUT2D eigenvalue weighted by Gasteiger charge is -2.09. The molecule has 114 valence electrons. The smallest absolute Gasteiger partial charge is 0.264 e. The van der Waals surface area contributed by atoms with Gasteiger partial charge >= 0.3 is 0 Å². The summed E-state index contributed by atoms with van der Waals surface area (Å²) >= 11 is 9.26. The van der Waals surface area contributed by atoms with Gasteiger partial charge in [-0.3, -0.25) is 14.0 Å². The van der Waals surface area contributed by atoms with Crippen molar-refractivity contribution in [1.82, 2.24) is 19.3 Å². The monoisotopic (exact) mass is 382 g/mol. The van der Waals surface area contributed by atoms with Crippen molar-refractivity contribution in [3.8, 4) is 5.75 Å². The molecule has 3 aromatic rings. The predicted molar refractivity (Wildman–Crippen MR) is 87.4 cm³/mol. The van der Waals surface area contributed by atoms with Gasteiger partial charge in [0.25, 0.3) is 5.56 Å². The van der Waals surface area contributed by atoms with E-state index in [9.17, 15) is 4.79 Å². The average molecular weight is 384 g/mol. The Hall–Kier alpha value is -1.86. The molecule has 0 spiro atoms. The molecule has 0 radical (unpaired) electrons. The number of hydrogen-bond donors (Lipinski definition) is 0. The zero-order valence-electron chi connectivity index (χ0n) is 11.7. The lowest BCUT2D eigenvalue weighted by Crippen LogP contribution is -2.23. The van der Waals surface area contributed by atoms with Crippen molar-refractivity contribution in [2.24, 2.45) is 7.05 Å². The second kappa shape index (κ2) is 6.10. The summed E-state index contributed by atoms with van der Waals surface area (Å²) in [4.78, 5) is 16.5. The van der Waals surface area contributed by atoms with Crippen LogP contribution in [0.25, 0.3) is 11.0 Å². The molecule has 0 saturated heterocycles. The van der Waals surface area contributed by atoms with Crippen molar-refractivity contribution >= 4 is 38.6 Å². The molecule has 2 aromatic heterocycles. The van der Waals surface area contributed by atoms with Gasteiger partial charge in [-0.25, -0.2) is 4.98 Å². The first-order chi connectivity index (χ1) is 10.6. The van der Waals surface area contributed by atoms with Gasteiger partial charge in [-0.1, -0.05) is 11.6 Å². The first kappa shape index (κ1) is 15.1. The van der Waals surface area contributed by atoms with Crippen LogP contribution in [0, 0.1) is 0 Å². The van der Waals surface area contributed by atoms with Gasteiger partial charge in [0, 0.05) is 12.1 Å². The largest absolute Gasteiger partial charge is 0.491 e. The van der Waals surface area contributed by atoms with Gasteiger partial charge in [-0.05, 0) is 34.1 Å². The molecule has 0 atom stereocenters. The zero-order chi connectivity index (χ0) is 15.7. The maximum Gasteiger partial charge on any atom is 0.264 e. The molecule has 0 fully saturated rings. The van der Waals surface area contributed by atoms with E-state index in [-0.39, 0.29) is 5.56 Å². The summed E-state index contributed by atoms with van der Waals surface area (Å²) in [6.45, 7) is 0.735. The zero-order valence-corrected chi connectivity index (χ0v) is 14.0. The Morgan fingerprint density at radius 1 is 1.41 bits per heavy atom. The van der Waals surface area contributed by atoms with E-state index >= 15 is 0 Å². The van der Waals surface area contributed by atoms with E-state index in [0.717, 1.165) is 4.47 Å². The number of aromatic nitrogens is 4. The van der Waals surface area contributed by atoms with E-state index < -0.39 is 0 Å². The number of aryl methyl sites for hydroxylation is 1. The van der Waals surface area contributed by atoms with Crippen LogP contribution in [0.2, 0.25) is 5.02 Å². The maximum atomic E-state index is 12.3. The Kier molecular flexibility index (Phi) is 4.17. The van der Waals surface area contributed by atoms with E-state index in [2.05, 4.69) is 26.0 Å². The number of benzene rings is 1. The van der Waals surface area contributed by atoms with Crippen LogP contribution in [0.5, 0.6) is 5.75 Å². The SMILES string of the molecule is Cn1ncc2c(=O)n(CCOc3ccc(Cl)cc3Br)cnc21. The van der Waals surface area contributed by atoms with E-state index in [1.54, 1.807) is 29.9 Å². The minimum Gasteiger partial charge on any atom is -0.491 e. The van der Waals surface area contributed by atoms with Crippen LogP contribution in [-0.4, -0.2) is 25.9 Å². The van der Waals surface area contributed by atoms with Crippen molar-refractivity contribution in [2.75, 3.05) is 6.61 Å². The van der Waals surface area contributed by atoms with E-state index in [4.69, 9.17) is 16.3 Å². The fourth-order valence-corrected chi connectivity index (χ4v) is 2.87. The van der Waals surface area contributed by atoms with Crippen molar-refractivity contribution in [3.63, 3.8) is 0 Å². The summed E-state index contributed by atoms with van der Waals surface area (Å²) in [6.07, 6.45) is 3.03. The molecule has 6 nitrogen and oxygen atoms in total. The van der Waals surface area contributed by atoms with Crippen molar-refractivity contribution in [3.05, 3.63) is 50.6 Å². The molecule has 2 heterocycles. The lowest BCUT2D eigenvalue weighted by molar-refractivity contribution is 0.294. The molecule has 0 N–H and O–H groups in total. The molecule has 0 aliphatic heterocycles. The molecule has 8 heteroatoms. The molecule has 3 rings (SSSR count). The van der Waals surface area contributed by atoms with Crippen LogP contribution in [0.1, 0.15) is 0 Å².